The summed E-state index contributed by atoms with van der Waals surface area (Å²) < 4.78 is 21.8. The average molecular weight is 376 g/mol. The number of ether oxygens (including phenoxy) is 1. The molecule has 0 aliphatic rings. The Balaban J connectivity index is 1.83. The quantitative estimate of drug-likeness (QED) is 0.541. The fourth-order valence-electron chi connectivity index (χ4n) is 3.36. The number of hydrogen-bond donors (Lipinski definition) is 1. The number of imidazole rings is 1. The van der Waals surface area contributed by atoms with Gasteiger partial charge in [-0.25, -0.2) is 9.37 Å². The lowest BCUT2D eigenvalue weighted by molar-refractivity contribution is 0.0787. The maximum atomic E-state index is 14.5. The van der Waals surface area contributed by atoms with Gasteiger partial charge >= 0.3 is 0 Å². The summed E-state index contributed by atoms with van der Waals surface area (Å²) in [5.41, 5.74) is 3.58. The molecule has 142 valence electrons. The minimum Gasteiger partial charge on any atom is -0.496 e. The van der Waals surface area contributed by atoms with Crippen LogP contribution in [0.25, 0.3) is 27.8 Å². The van der Waals surface area contributed by atoms with E-state index in [1.165, 1.54) is 13.2 Å². The summed E-state index contributed by atoms with van der Waals surface area (Å²) in [5.74, 6) is 0.157. The SMILES string of the molecule is COc1cccc(F)c1-c1cccc(-n2cnc3cc(C(C)(C)O)ccc32)c1. The maximum Gasteiger partial charge on any atom is 0.134 e. The predicted octanol–water partition coefficient (Wildman–Crippen LogP) is 5.07. The Morgan fingerprint density at radius 3 is 2.57 bits per heavy atom. The second-order valence-electron chi connectivity index (χ2n) is 7.24. The highest BCUT2D eigenvalue weighted by atomic mass is 19.1. The third kappa shape index (κ3) is 3.14. The van der Waals surface area contributed by atoms with E-state index in [9.17, 15) is 9.50 Å². The molecular weight excluding hydrogens is 355 g/mol. The lowest BCUT2D eigenvalue weighted by Gasteiger charge is -2.17. The van der Waals surface area contributed by atoms with E-state index in [4.69, 9.17) is 4.74 Å². The molecule has 3 aromatic carbocycles. The number of halogens is 1. The summed E-state index contributed by atoms with van der Waals surface area (Å²) in [6, 6.07) is 18.1. The second kappa shape index (κ2) is 6.77. The summed E-state index contributed by atoms with van der Waals surface area (Å²) in [6.07, 6.45) is 1.73. The van der Waals surface area contributed by atoms with Gasteiger partial charge in [-0.2, -0.15) is 0 Å². The van der Waals surface area contributed by atoms with Crippen molar-refractivity contribution >= 4 is 11.0 Å². The lowest BCUT2D eigenvalue weighted by Crippen LogP contribution is -2.15. The van der Waals surface area contributed by atoms with E-state index in [2.05, 4.69) is 4.98 Å². The van der Waals surface area contributed by atoms with Gasteiger partial charge in [0.05, 0.1) is 29.3 Å². The molecule has 0 amide bonds. The summed E-state index contributed by atoms with van der Waals surface area (Å²) in [5, 5.41) is 10.2. The van der Waals surface area contributed by atoms with Crippen LogP contribution in [0.2, 0.25) is 0 Å². The van der Waals surface area contributed by atoms with E-state index >= 15 is 0 Å². The Bertz CT molecular complexity index is 1160. The van der Waals surface area contributed by atoms with E-state index in [-0.39, 0.29) is 5.82 Å². The van der Waals surface area contributed by atoms with Crippen LogP contribution in [0.15, 0.2) is 67.0 Å². The standard InChI is InChI=1S/C23H21FN2O2/c1-23(2,27)16-10-11-20-19(13-16)25-14-26(20)17-7-4-6-15(12-17)22-18(24)8-5-9-21(22)28-3/h4-14,27H,1-3H3. The van der Waals surface area contributed by atoms with Crippen molar-refractivity contribution in [3.05, 3.63) is 78.4 Å². The molecule has 28 heavy (non-hydrogen) atoms. The Morgan fingerprint density at radius 1 is 1.04 bits per heavy atom. The Kier molecular flexibility index (Phi) is 4.40. The van der Waals surface area contributed by atoms with Crippen molar-refractivity contribution < 1.29 is 14.2 Å². The van der Waals surface area contributed by atoms with E-state index in [1.54, 1.807) is 32.3 Å². The summed E-state index contributed by atoms with van der Waals surface area (Å²) in [7, 11) is 1.53. The zero-order chi connectivity index (χ0) is 19.9. The minimum absolute atomic E-state index is 0.332. The van der Waals surface area contributed by atoms with Gasteiger partial charge in [-0.05, 0) is 61.4 Å². The van der Waals surface area contributed by atoms with Crippen molar-refractivity contribution in [1.29, 1.82) is 0 Å². The number of nitrogens with zero attached hydrogens (tertiary/aromatic N) is 2. The summed E-state index contributed by atoms with van der Waals surface area (Å²) in [6.45, 7) is 3.49. The minimum atomic E-state index is -0.931. The number of aromatic nitrogens is 2. The van der Waals surface area contributed by atoms with Gasteiger partial charge in [-0.15, -0.1) is 0 Å². The first-order valence-electron chi connectivity index (χ1n) is 9.02. The highest BCUT2D eigenvalue weighted by Gasteiger charge is 2.18. The van der Waals surface area contributed by atoms with E-state index in [0.717, 1.165) is 27.8 Å². The molecule has 1 heterocycles. The van der Waals surface area contributed by atoms with Crippen molar-refractivity contribution in [1.82, 2.24) is 9.55 Å². The highest BCUT2D eigenvalue weighted by molar-refractivity contribution is 5.79. The molecule has 0 fully saturated rings. The van der Waals surface area contributed by atoms with Gasteiger partial charge in [-0.1, -0.05) is 24.3 Å². The maximum absolute atomic E-state index is 14.5. The molecule has 0 unspecified atom stereocenters. The van der Waals surface area contributed by atoms with Crippen molar-refractivity contribution in [2.45, 2.75) is 19.4 Å². The van der Waals surface area contributed by atoms with E-state index in [0.29, 0.717) is 11.3 Å². The first-order chi connectivity index (χ1) is 13.4. The molecule has 0 aliphatic heterocycles. The molecule has 0 aliphatic carbocycles. The summed E-state index contributed by atoms with van der Waals surface area (Å²) >= 11 is 0. The van der Waals surface area contributed by atoms with Crippen molar-refractivity contribution in [3.63, 3.8) is 0 Å². The third-order valence-corrected chi connectivity index (χ3v) is 4.86. The van der Waals surface area contributed by atoms with Gasteiger partial charge < -0.3 is 9.84 Å². The van der Waals surface area contributed by atoms with Gasteiger partial charge in [-0.3, -0.25) is 4.57 Å². The van der Waals surface area contributed by atoms with Crippen LogP contribution in [0.5, 0.6) is 5.75 Å². The van der Waals surface area contributed by atoms with Gasteiger partial charge in [0.1, 0.15) is 17.9 Å². The van der Waals surface area contributed by atoms with Gasteiger partial charge in [0, 0.05) is 5.69 Å². The number of fused-ring (bicyclic) bond motifs is 1. The van der Waals surface area contributed by atoms with Gasteiger partial charge in [0.2, 0.25) is 0 Å². The summed E-state index contributed by atoms with van der Waals surface area (Å²) in [4.78, 5) is 4.48. The van der Waals surface area contributed by atoms with Crippen molar-refractivity contribution in [2.75, 3.05) is 7.11 Å². The van der Waals surface area contributed by atoms with E-state index in [1.807, 2.05) is 47.0 Å². The number of methoxy groups -OCH3 is 1. The molecule has 1 N–H and O–H groups in total. The predicted molar refractivity (Wildman–Crippen MR) is 108 cm³/mol. The second-order valence-corrected chi connectivity index (χ2v) is 7.24. The van der Waals surface area contributed by atoms with Crippen LogP contribution in [0.3, 0.4) is 0 Å². The molecular formula is C23H21FN2O2. The van der Waals surface area contributed by atoms with Gasteiger partial charge in [0.25, 0.3) is 0 Å². The Morgan fingerprint density at radius 2 is 1.82 bits per heavy atom. The fourth-order valence-corrected chi connectivity index (χ4v) is 3.36. The number of aliphatic hydroxyl groups is 1. The normalized spacial score (nSPS) is 11.8. The van der Waals surface area contributed by atoms with Crippen molar-refractivity contribution in [2.24, 2.45) is 0 Å². The zero-order valence-corrected chi connectivity index (χ0v) is 16.0. The number of rotatable bonds is 4. The molecule has 0 bridgehead atoms. The first kappa shape index (κ1) is 18.2. The van der Waals surface area contributed by atoms with Crippen LogP contribution in [-0.4, -0.2) is 21.8 Å². The largest absolute Gasteiger partial charge is 0.496 e. The molecule has 4 nitrogen and oxygen atoms in total. The molecule has 0 saturated heterocycles. The topological polar surface area (TPSA) is 47.3 Å². The molecule has 5 heteroatoms. The lowest BCUT2D eigenvalue weighted by atomic mass is 9.98. The fraction of sp³-hybridized carbons (Fsp3) is 0.174. The average Bonchev–Trinajstić information content (AvgIpc) is 3.10. The smallest absolute Gasteiger partial charge is 0.134 e. The van der Waals surface area contributed by atoms with Crippen LogP contribution in [0, 0.1) is 5.82 Å². The van der Waals surface area contributed by atoms with Crippen LogP contribution < -0.4 is 4.74 Å². The third-order valence-electron chi connectivity index (χ3n) is 4.86. The van der Waals surface area contributed by atoms with Crippen molar-refractivity contribution in [3.8, 4) is 22.6 Å². The number of benzene rings is 3. The first-order valence-corrected chi connectivity index (χ1v) is 9.02. The molecule has 0 spiro atoms. The molecule has 4 rings (SSSR count). The highest BCUT2D eigenvalue weighted by Crippen LogP contribution is 2.34. The van der Waals surface area contributed by atoms with Crippen LogP contribution >= 0.6 is 0 Å². The Labute approximate surface area is 162 Å². The molecule has 1 aromatic heterocycles. The molecule has 0 radical (unpaired) electrons. The van der Waals surface area contributed by atoms with Gasteiger partial charge in [0.15, 0.2) is 0 Å². The molecule has 4 aromatic rings. The molecule has 0 saturated carbocycles. The van der Waals surface area contributed by atoms with E-state index < -0.39 is 5.60 Å². The van der Waals surface area contributed by atoms with Crippen LogP contribution in [-0.2, 0) is 5.60 Å². The zero-order valence-electron chi connectivity index (χ0n) is 16.0. The molecule has 0 atom stereocenters. The van der Waals surface area contributed by atoms with Crippen LogP contribution in [0.1, 0.15) is 19.4 Å². The number of hydrogen-bond acceptors (Lipinski definition) is 3. The van der Waals surface area contributed by atoms with Crippen LogP contribution in [0.4, 0.5) is 4.39 Å². The monoisotopic (exact) mass is 376 g/mol. The Hall–Kier alpha value is -3.18.